The second-order valence-electron chi connectivity index (χ2n) is 16.2. The van der Waals surface area contributed by atoms with Crippen LogP contribution in [-0.2, 0) is 12.8 Å². The molecule has 1 unspecified atom stereocenters. The van der Waals surface area contributed by atoms with Crippen molar-refractivity contribution >= 4 is 50.8 Å². The van der Waals surface area contributed by atoms with E-state index in [4.69, 9.17) is 0 Å². The monoisotopic (exact) mass is 755 g/mol. The number of hydrogen-bond donors (Lipinski definition) is 0. The quantitative estimate of drug-likeness (QED) is 0.146. The number of rotatable bonds is 7. The summed E-state index contributed by atoms with van der Waals surface area (Å²) in [5.74, 6) is 0.362. The van der Waals surface area contributed by atoms with E-state index in [2.05, 4.69) is 211 Å². The maximum atomic E-state index is 2.43. The van der Waals surface area contributed by atoms with Crippen LogP contribution in [0.25, 0.3) is 67.1 Å². The number of allylic oxidation sites excluding steroid dienone is 6. The number of hydrogen-bond acceptors (Lipinski definition) is 1. The predicted octanol–water partition coefficient (Wildman–Crippen LogP) is 16.0. The molecular formula is C58H45N. The van der Waals surface area contributed by atoms with Gasteiger partial charge < -0.3 is 4.90 Å². The van der Waals surface area contributed by atoms with Gasteiger partial charge >= 0.3 is 0 Å². The van der Waals surface area contributed by atoms with E-state index in [-0.39, 0.29) is 0 Å². The zero-order chi connectivity index (χ0) is 39.1. The second kappa shape index (κ2) is 15.1. The summed E-state index contributed by atoms with van der Waals surface area (Å²) in [5, 5.41) is 5.12. The molecule has 0 fully saturated rings. The summed E-state index contributed by atoms with van der Waals surface area (Å²) in [5.41, 5.74) is 18.3. The van der Waals surface area contributed by atoms with Crippen LogP contribution in [0.15, 0.2) is 194 Å². The highest BCUT2D eigenvalue weighted by molar-refractivity contribution is 6.13. The molecule has 0 aromatic heterocycles. The van der Waals surface area contributed by atoms with Crippen molar-refractivity contribution in [3.63, 3.8) is 0 Å². The van der Waals surface area contributed by atoms with Crippen LogP contribution in [0.4, 0.5) is 17.1 Å². The summed E-state index contributed by atoms with van der Waals surface area (Å²) in [4.78, 5) is 2.43. The number of anilines is 3. The zero-order valence-corrected chi connectivity index (χ0v) is 33.2. The van der Waals surface area contributed by atoms with E-state index < -0.39 is 0 Å². The van der Waals surface area contributed by atoms with Gasteiger partial charge in [0.15, 0.2) is 0 Å². The van der Waals surface area contributed by atoms with E-state index in [9.17, 15) is 0 Å². The molecular weight excluding hydrogens is 711 g/mol. The van der Waals surface area contributed by atoms with Gasteiger partial charge in [0.25, 0.3) is 0 Å². The fourth-order valence-electron chi connectivity index (χ4n) is 9.93. The highest BCUT2D eigenvalue weighted by Gasteiger charge is 2.26. The lowest BCUT2D eigenvalue weighted by Gasteiger charge is -2.29. The fourth-order valence-corrected chi connectivity index (χ4v) is 9.93. The summed E-state index contributed by atoms with van der Waals surface area (Å²) >= 11 is 0. The summed E-state index contributed by atoms with van der Waals surface area (Å²) in [6.07, 6.45) is 23.9. The lowest BCUT2D eigenvalue weighted by atomic mass is 9.76. The molecule has 1 nitrogen and oxygen atoms in total. The van der Waals surface area contributed by atoms with Crippen molar-refractivity contribution in [2.45, 2.75) is 38.0 Å². The van der Waals surface area contributed by atoms with Crippen molar-refractivity contribution in [2.75, 3.05) is 4.90 Å². The second-order valence-corrected chi connectivity index (χ2v) is 16.2. The minimum Gasteiger partial charge on any atom is -0.310 e. The first-order chi connectivity index (χ1) is 29.3. The highest BCUT2D eigenvalue weighted by atomic mass is 15.1. The Bertz CT molecular complexity index is 3000. The maximum Gasteiger partial charge on any atom is 0.0464 e. The van der Waals surface area contributed by atoms with Crippen molar-refractivity contribution in [1.29, 1.82) is 0 Å². The van der Waals surface area contributed by atoms with Gasteiger partial charge in [-0.15, -0.1) is 0 Å². The first kappa shape index (κ1) is 35.2. The van der Waals surface area contributed by atoms with Crippen LogP contribution in [0.2, 0.25) is 0 Å². The summed E-state index contributed by atoms with van der Waals surface area (Å²) < 4.78 is 0. The maximum absolute atomic E-state index is 2.43. The lowest BCUT2D eigenvalue weighted by Crippen LogP contribution is -2.11. The van der Waals surface area contributed by atoms with Gasteiger partial charge in [0.1, 0.15) is 0 Å². The number of benzene rings is 8. The third-order valence-corrected chi connectivity index (χ3v) is 12.7. The van der Waals surface area contributed by atoms with Gasteiger partial charge in [-0.1, -0.05) is 164 Å². The lowest BCUT2D eigenvalue weighted by molar-refractivity contribution is 0.853. The smallest absolute Gasteiger partial charge is 0.0464 e. The van der Waals surface area contributed by atoms with Gasteiger partial charge in [0, 0.05) is 23.0 Å². The average molecular weight is 756 g/mol. The van der Waals surface area contributed by atoms with Crippen molar-refractivity contribution in [3.05, 3.63) is 222 Å². The Morgan fingerprint density at radius 3 is 1.73 bits per heavy atom. The fraction of sp³-hybridized carbons (Fsp3) is 0.103. The molecule has 8 aromatic rings. The molecule has 0 spiro atoms. The standard InChI is InChI=1S/C58H45N/c1-3-16-40(17-4-1)44-21-15-22-48(38-44)59(46-34-30-41(31-35-46)56-39-45-20-7-8-23-49(45)50-24-9-10-27-53(50)56)47-36-32-43(33-37-47)58-55-29-14-12-26-52(55)51-25-11-13-28-54(51)57(58)42-18-5-2-6-19-42/h1-10,13-16,18-24,27-40H,11-12,17,25-26H2. The molecule has 11 rings (SSSR count). The van der Waals surface area contributed by atoms with E-state index in [0.29, 0.717) is 5.92 Å². The molecule has 0 radical (unpaired) electrons. The van der Waals surface area contributed by atoms with E-state index in [0.717, 1.165) is 49.2 Å². The van der Waals surface area contributed by atoms with Crippen LogP contribution in [0, 0.1) is 0 Å². The minimum atomic E-state index is 0.362. The minimum absolute atomic E-state index is 0.362. The van der Waals surface area contributed by atoms with Gasteiger partial charge in [-0.2, -0.15) is 0 Å². The van der Waals surface area contributed by atoms with Crippen LogP contribution < -0.4 is 4.90 Å². The Labute approximate surface area is 347 Å². The highest BCUT2D eigenvalue weighted by Crippen LogP contribution is 2.47. The molecule has 0 amide bonds. The van der Waals surface area contributed by atoms with Crippen LogP contribution in [0.5, 0.6) is 0 Å². The molecule has 3 aliphatic carbocycles. The zero-order valence-electron chi connectivity index (χ0n) is 33.2. The molecule has 0 saturated carbocycles. The van der Waals surface area contributed by atoms with Gasteiger partial charge in [-0.05, 0) is 157 Å². The van der Waals surface area contributed by atoms with Gasteiger partial charge in [-0.25, -0.2) is 0 Å². The Morgan fingerprint density at radius 2 is 1.05 bits per heavy atom. The van der Waals surface area contributed by atoms with Gasteiger partial charge in [-0.3, -0.25) is 0 Å². The Kier molecular flexibility index (Phi) is 9.01. The molecule has 8 aromatic carbocycles. The van der Waals surface area contributed by atoms with Crippen LogP contribution >= 0.6 is 0 Å². The van der Waals surface area contributed by atoms with Crippen LogP contribution in [0.3, 0.4) is 0 Å². The molecule has 0 N–H and O–H groups in total. The van der Waals surface area contributed by atoms with E-state index in [1.165, 1.54) is 77.2 Å². The topological polar surface area (TPSA) is 3.24 Å². The molecule has 0 heterocycles. The van der Waals surface area contributed by atoms with Gasteiger partial charge in [0.05, 0.1) is 0 Å². The first-order valence-corrected chi connectivity index (χ1v) is 21.2. The molecule has 3 aliphatic rings. The number of fused-ring (bicyclic) bond motifs is 6. The largest absolute Gasteiger partial charge is 0.310 e. The van der Waals surface area contributed by atoms with E-state index in [1.54, 1.807) is 5.56 Å². The van der Waals surface area contributed by atoms with Crippen molar-refractivity contribution in [2.24, 2.45) is 0 Å². The number of nitrogens with zero attached hydrogens (tertiary/aromatic N) is 1. The van der Waals surface area contributed by atoms with E-state index in [1.807, 2.05) is 0 Å². The molecule has 0 bridgehead atoms. The average Bonchev–Trinajstić information content (AvgIpc) is 3.32. The van der Waals surface area contributed by atoms with Crippen LogP contribution in [-0.4, -0.2) is 0 Å². The molecule has 1 atom stereocenters. The SMILES string of the molecule is C1=CCC(c2cccc(N(c3ccc(-c4c5c(c6c(c4-c4ccccc4)C=CCC6)CCC=C5)cc3)c3ccc(-c4cc5ccccc5c5ccccc45)cc3)c2)C=C1. The van der Waals surface area contributed by atoms with Crippen LogP contribution in [0.1, 0.15) is 53.0 Å². The summed E-state index contributed by atoms with van der Waals surface area (Å²) in [6.45, 7) is 0. The summed E-state index contributed by atoms with van der Waals surface area (Å²) in [6, 6.07) is 58.7. The predicted molar refractivity (Wildman–Crippen MR) is 253 cm³/mol. The summed E-state index contributed by atoms with van der Waals surface area (Å²) in [7, 11) is 0. The molecule has 282 valence electrons. The van der Waals surface area contributed by atoms with Gasteiger partial charge in [0.2, 0.25) is 0 Å². The van der Waals surface area contributed by atoms with Crippen molar-refractivity contribution in [3.8, 4) is 33.4 Å². The molecule has 1 heteroatoms. The van der Waals surface area contributed by atoms with Crippen molar-refractivity contribution < 1.29 is 0 Å². The normalized spacial score (nSPS) is 15.4. The Balaban J connectivity index is 1.05. The molecule has 59 heavy (non-hydrogen) atoms. The third kappa shape index (κ3) is 6.35. The third-order valence-electron chi connectivity index (χ3n) is 12.7. The Morgan fingerprint density at radius 1 is 0.441 bits per heavy atom. The van der Waals surface area contributed by atoms with Crippen molar-refractivity contribution in [1.82, 2.24) is 0 Å². The molecule has 0 aliphatic heterocycles. The Hall–Kier alpha value is -6.96. The van der Waals surface area contributed by atoms with E-state index >= 15 is 0 Å². The molecule has 0 saturated heterocycles. The first-order valence-electron chi connectivity index (χ1n) is 21.2.